The molecule has 3 aromatic heterocycles. The molecule has 0 amide bonds. The zero-order valence-electron chi connectivity index (χ0n) is 28.1. The molecule has 244 valence electrons. The van der Waals surface area contributed by atoms with Gasteiger partial charge in [-0.25, -0.2) is 0 Å². The Labute approximate surface area is 304 Å². The Kier molecular flexibility index (Phi) is 6.42. The Bertz CT molecular complexity index is 3090. The molecular weight excluding hydrogens is 651 g/mol. The predicted octanol–water partition coefficient (Wildman–Crippen LogP) is 13.9. The molecule has 0 saturated carbocycles. The summed E-state index contributed by atoms with van der Waals surface area (Å²) in [4.78, 5) is 6.18. The van der Waals surface area contributed by atoms with E-state index in [1.165, 1.54) is 69.6 Å². The van der Waals surface area contributed by atoms with Crippen LogP contribution in [0, 0.1) is 0 Å². The van der Waals surface area contributed by atoms with E-state index in [1.54, 1.807) is 0 Å². The lowest BCUT2D eigenvalue weighted by Gasteiger charge is -2.26. The van der Waals surface area contributed by atoms with Gasteiger partial charge in [0.15, 0.2) is 0 Å². The second-order valence-corrected chi connectivity index (χ2v) is 14.5. The molecule has 0 aliphatic heterocycles. The van der Waals surface area contributed by atoms with Gasteiger partial charge in [-0.15, -0.1) is 11.3 Å². The fraction of sp³-hybridized carbons (Fsp3) is 0. The lowest BCUT2D eigenvalue weighted by molar-refractivity contribution is 1.19. The van der Waals surface area contributed by atoms with Crippen molar-refractivity contribution in [3.63, 3.8) is 0 Å². The number of fused-ring (bicyclic) bond motifs is 9. The van der Waals surface area contributed by atoms with Gasteiger partial charge in [-0.05, 0) is 90.0 Å². The molecule has 0 bridgehead atoms. The number of aromatic amines is 1. The largest absolute Gasteiger partial charge is 0.353 e. The van der Waals surface area contributed by atoms with Crippen molar-refractivity contribution in [1.29, 1.82) is 0 Å². The van der Waals surface area contributed by atoms with Crippen LogP contribution >= 0.6 is 11.3 Å². The average Bonchev–Trinajstić information content (AvgIpc) is 3.88. The van der Waals surface area contributed by atoms with Gasteiger partial charge in [0.2, 0.25) is 0 Å². The number of para-hydroxylation sites is 4. The second-order valence-electron chi connectivity index (χ2n) is 13.5. The van der Waals surface area contributed by atoms with Crippen molar-refractivity contribution in [2.75, 3.05) is 4.90 Å². The number of benzene rings is 8. The van der Waals surface area contributed by atoms with Crippen molar-refractivity contribution in [3.8, 4) is 16.8 Å². The van der Waals surface area contributed by atoms with Gasteiger partial charge in [-0.2, -0.15) is 0 Å². The summed E-state index contributed by atoms with van der Waals surface area (Å²) in [6.07, 6.45) is 0. The smallest absolute Gasteiger partial charge is 0.0710 e. The third kappa shape index (κ3) is 4.45. The molecule has 8 aromatic carbocycles. The highest BCUT2D eigenvalue weighted by molar-refractivity contribution is 7.25. The molecule has 4 heteroatoms. The lowest BCUT2D eigenvalue weighted by atomic mass is 9.99. The zero-order chi connectivity index (χ0) is 34.2. The molecule has 0 aliphatic carbocycles. The molecule has 11 aromatic rings. The van der Waals surface area contributed by atoms with E-state index in [0.29, 0.717) is 0 Å². The molecule has 52 heavy (non-hydrogen) atoms. The number of rotatable bonds is 5. The van der Waals surface area contributed by atoms with E-state index in [2.05, 4.69) is 196 Å². The number of nitrogens with zero attached hydrogens (tertiary/aromatic N) is 2. The molecule has 3 nitrogen and oxygen atoms in total. The van der Waals surface area contributed by atoms with Gasteiger partial charge in [0, 0.05) is 64.3 Å². The number of aromatic nitrogens is 2. The fourth-order valence-electron chi connectivity index (χ4n) is 8.14. The van der Waals surface area contributed by atoms with Crippen molar-refractivity contribution in [2.24, 2.45) is 0 Å². The number of H-pyrrole nitrogens is 1. The number of hydrogen-bond acceptors (Lipinski definition) is 2. The first-order valence-corrected chi connectivity index (χ1v) is 18.5. The fourth-order valence-corrected chi connectivity index (χ4v) is 9.22. The summed E-state index contributed by atoms with van der Waals surface area (Å²) in [7, 11) is 0. The highest BCUT2D eigenvalue weighted by Gasteiger charge is 2.21. The van der Waals surface area contributed by atoms with E-state index >= 15 is 0 Å². The first-order valence-electron chi connectivity index (χ1n) is 17.7. The Morgan fingerprint density at radius 2 is 1.08 bits per heavy atom. The zero-order valence-corrected chi connectivity index (χ0v) is 28.9. The first-order chi connectivity index (χ1) is 25.8. The predicted molar refractivity (Wildman–Crippen MR) is 223 cm³/mol. The van der Waals surface area contributed by atoms with Gasteiger partial charge in [0.1, 0.15) is 0 Å². The van der Waals surface area contributed by atoms with Crippen LogP contribution < -0.4 is 4.90 Å². The van der Waals surface area contributed by atoms with Crippen LogP contribution in [-0.4, -0.2) is 9.55 Å². The summed E-state index contributed by atoms with van der Waals surface area (Å²) in [6.45, 7) is 0. The maximum absolute atomic E-state index is 3.80. The van der Waals surface area contributed by atoms with E-state index in [-0.39, 0.29) is 0 Å². The summed E-state index contributed by atoms with van der Waals surface area (Å²) < 4.78 is 5.08. The SMILES string of the molecule is c1ccc(N(c2ccccc2)c2cc(-c3ccc4c5ccccc5n(-c5ccc6sc7ccccc7c6c5)c4c3)cc3c2[nH]c2ccccc23)cc1. The summed E-state index contributed by atoms with van der Waals surface area (Å²) in [6, 6.07) is 66.2. The molecule has 11 rings (SSSR count). The minimum Gasteiger partial charge on any atom is -0.353 e. The molecule has 0 unspecified atom stereocenters. The normalized spacial score (nSPS) is 11.8. The number of hydrogen-bond donors (Lipinski definition) is 1. The van der Waals surface area contributed by atoms with Crippen LogP contribution in [0.1, 0.15) is 0 Å². The molecule has 0 atom stereocenters. The Morgan fingerprint density at radius 1 is 0.423 bits per heavy atom. The molecule has 1 N–H and O–H groups in total. The van der Waals surface area contributed by atoms with Gasteiger partial charge < -0.3 is 14.5 Å². The quantitative estimate of drug-likeness (QED) is 0.192. The van der Waals surface area contributed by atoms with Crippen LogP contribution in [0.25, 0.3) is 80.6 Å². The van der Waals surface area contributed by atoms with Crippen LogP contribution in [0.15, 0.2) is 182 Å². The number of anilines is 3. The first kappa shape index (κ1) is 29.1. The molecule has 0 aliphatic rings. The lowest BCUT2D eigenvalue weighted by Crippen LogP contribution is -2.10. The van der Waals surface area contributed by atoms with Crippen LogP contribution in [0.5, 0.6) is 0 Å². The highest BCUT2D eigenvalue weighted by atomic mass is 32.1. The molecule has 0 spiro atoms. The summed E-state index contributed by atoms with van der Waals surface area (Å²) >= 11 is 1.86. The third-order valence-electron chi connectivity index (χ3n) is 10.5. The van der Waals surface area contributed by atoms with Gasteiger partial charge >= 0.3 is 0 Å². The second kappa shape index (κ2) is 11.5. The Hall–Kier alpha value is -6.62. The van der Waals surface area contributed by atoms with Gasteiger partial charge in [0.25, 0.3) is 0 Å². The van der Waals surface area contributed by atoms with Crippen molar-refractivity contribution >= 4 is 92.2 Å². The summed E-state index contributed by atoms with van der Waals surface area (Å²) in [5.74, 6) is 0. The minimum atomic E-state index is 1.11. The van der Waals surface area contributed by atoms with Crippen molar-refractivity contribution < 1.29 is 0 Å². The van der Waals surface area contributed by atoms with Crippen LogP contribution in [0.3, 0.4) is 0 Å². The Morgan fingerprint density at radius 3 is 1.88 bits per heavy atom. The molecule has 0 radical (unpaired) electrons. The van der Waals surface area contributed by atoms with Crippen LogP contribution in [0.4, 0.5) is 17.1 Å². The van der Waals surface area contributed by atoms with Crippen molar-refractivity contribution in [2.45, 2.75) is 0 Å². The molecular formula is C48H31N3S. The molecule has 0 saturated heterocycles. The van der Waals surface area contributed by atoms with E-state index in [9.17, 15) is 0 Å². The molecule has 3 heterocycles. The highest BCUT2D eigenvalue weighted by Crippen LogP contribution is 2.44. The van der Waals surface area contributed by atoms with Crippen LogP contribution in [0.2, 0.25) is 0 Å². The van der Waals surface area contributed by atoms with E-state index in [0.717, 1.165) is 28.1 Å². The number of nitrogens with one attached hydrogen (secondary N) is 1. The summed E-state index contributed by atoms with van der Waals surface area (Å²) in [5, 5.41) is 7.54. The Balaban J connectivity index is 1.18. The third-order valence-corrected chi connectivity index (χ3v) is 11.6. The monoisotopic (exact) mass is 681 g/mol. The van der Waals surface area contributed by atoms with E-state index in [1.807, 2.05) is 11.3 Å². The average molecular weight is 682 g/mol. The standard InChI is InChI=1S/C48H31N3S/c1-3-13-33(14-4-1)50(34-15-5-2-6-16-34)45-29-32(27-41-36-17-7-10-20-42(36)49-48(41)45)31-23-25-38-37-18-8-11-21-43(37)51(44(38)28-31)35-24-26-47-40(30-35)39-19-9-12-22-46(39)52-47/h1-30,49H. The van der Waals surface area contributed by atoms with Crippen molar-refractivity contribution in [1.82, 2.24) is 9.55 Å². The maximum atomic E-state index is 3.80. The summed E-state index contributed by atoms with van der Waals surface area (Å²) in [5.41, 5.74) is 11.5. The minimum absolute atomic E-state index is 1.11. The van der Waals surface area contributed by atoms with Gasteiger partial charge in [-0.1, -0.05) is 103 Å². The van der Waals surface area contributed by atoms with E-state index in [4.69, 9.17) is 0 Å². The number of thiophene rings is 1. The van der Waals surface area contributed by atoms with Gasteiger partial charge in [0.05, 0.1) is 22.2 Å². The maximum Gasteiger partial charge on any atom is 0.0710 e. The van der Waals surface area contributed by atoms with Gasteiger partial charge in [-0.3, -0.25) is 0 Å². The molecule has 0 fully saturated rings. The topological polar surface area (TPSA) is 24.0 Å². The van der Waals surface area contributed by atoms with Crippen LogP contribution in [-0.2, 0) is 0 Å². The van der Waals surface area contributed by atoms with E-state index < -0.39 is 0 Å². The van der Waals surface area contributed by atoms with Crippen molar-refractivity contribution in [3.05, 3.63) is 182 Å².